The van der Waals surface area contributed by atoms with Crippen LogP contribution in [0, 0.1) is 0 Å². The summed E-state index contributed by atoms with van der Waals surface area (Å²) in [6, 6.07) is 4.43. The molecule has 1 aliphatic rings. The van der Waals surface area contributed by atoms with Crippen LogP contribution in [0.25, 0.3) is 0 Å². The molecule has 0 radical (unpaired) electrons. The third-order valence-electron chi connectivity index (χ3n) is 2.38. The summed E-state index contributed by atoms with van der Waals surface area (Å²) in [4.78, 5) is 23.3. The molecule has 0 saturated heterocycles. The third-order valence-corrected chi connectivity index (χ3v) is 2.62. The molecule has 4 heteroatoms. The maximum absolute atomic E-state index is 11.7. The number of hydrogen-bond acceptors (Lipinski definition) is 3. The zero-order valence-electron chi connectivity index (χ0n) is 7.87. The average Bonchev–Trinajstić information content (AvgIpc) is 2.23. The molecule has 15 heavy (non-hydrogen) atoms. The Morgan fingerprint density at radius 1 is 1.13 bits per heavy atom. The van der Waals surface area contributed by atoms with Crippen LogP contribution in [0.3, 0.4) is 0 Å². The normalized spacial score (nSPS) is 15.6. The van der Waals surface area contributed by atoms with Gasteiger partial charge in [0, 0.05) is 21.7 Å². The Balaban J connectivity index is 2.73. The van der Waals surface area contributed by atoms with E-state index in [1.165, 1.54) is 19.1 Å². The first-order valence-corrected chi connectivity index (χ1v) is 4.69. The summed E-state index contributed by atoms with van der Waals surface area (Å²) >= 11 is 5.71. The van der Waals surface area contributed by atoms with Crippen LogP contribution in [0.4, 0.5) is 0 Å². The predicted molar refractivity (Wildman–Crippen MR) is 55.4 cm³/mol. The molecule has 0 atom stereocenters. The van der Waals surface area contributed by atoms with Gasteiger partial charge in [-0.15, -0.1) is 0 Å². The largest absolute Gasteiger partial charge is 0.504 e. The van der Waals surface area contributed by atoms with Gasteiger partial charge in [0.05, 0.1) is 0 Å². The molecule has 0 saturated carbocycles. The molecule has 0 fully saturated rings. The molecule has 0 aliphatic heterocycles. The van der Waals surface area contributed by atoms with E-state index >= 15 is 0 Å². The Kier molecular flexibility index (Phi) is 2.12. The third kappa shape index (κ3) is 1.36. The molecule has 3 nitrogen and oxygen atoms in total. The lowest BCUT2D eigenvalue weighted by atomic mass is 9.89. The van der Waals surface area contributed by atoms with Gasteiger partial charge in [0.15, 0.2) is 11.5 Å². The van der Waals surface area contributed by atoms with Crippen molar-refractivity contribution in [3.05, 3.63) is 45.7 Å². The van der Waals surface area contributed by atoms with Gasteiger partial charge in [0.25, 0.3) is 0 Å². The standard InChI is InChI=1S/C11H7ClO3/c1-5-9(13)7-3-2-6(12)4-8(7)11(15)10(5)14/h2-4,14H,1H3. The van der Waals surface area contributed by atoms with Gasteiger partial charge in [-0.2, -0.15) is 0 Å². The van der Waals surface area contributed by atoms with Crippen LogP contribution in [0.2, 0.25) is 5.02 Å². The van der Waals surface area contributed by atoms with Crippen molar-refractivity contribution in [1.29, 1.82) is 0 Å². The molecule has 1 aliphatic carbocycles. The number of carbonyl (C=O) groups excluding carboxylic acids is 2. The predicted octanol–water partition coefficient (Wildman–Crippen LogP) is 2.55. The molecule has 76 valence electrons. The number of carbonyl (C=O) groups is 2. The summed E-state index contributed by atoms with van der Waals surface area (Å²) in [5.41, 5.74) is 0.533. The molecule has 1 N–H and O–H groups in total. The van der Waals surface area contributed by atoms with Crippen molar-refractivity contribution in [3.8, 4) is 0 Å². The van der Waals surface area contributed by atoms with E-state index in [-0.39, 0.29) is 16.9 Å². The Labute approximate surface area is 91.0 Å². The topological polar surface area (TPSA) is 54.4 Å². The molecule has 0 aromatic heterocycles. The van der Waals surface area contributed by atoms with Crippen molar-refractivity contribution < 1.29 is 14.7 Å². The number of allylic oxidation sites excluding steroid dienone is 2. The van der Waals surface area contributed by atoms with Crippen LogP contribution in [0.15, 0.2) is 29.5 Å². The van der Waals surface area contributed by atoms with Gasteiger partial charge >= 0.3 is 0 Å². The molecule has 0 unspecified atom stereocenters. The number of rotatable bonds is 0. The first-order valence-electron chi connectivity index (χ1n) is 4.31. The lowest BCUT2D eigenvalue weighted by molar-refractivity contribution is 0.0929. The summed E-state index contributed by atoms with van der Waals surface area (Å²) in [6.45, 7) is 1.42. The SMILES string of the molecule is CC1=C(O)C(=O)c2cc(Cl)ccc2C1=O. The fourth-order valence-electron chi connectivity index (χ4n) is 1.51. The fourth-order valence-corrected chi connectivity index (χ4v) is 1.68. The van der Waals surface area contributed by atoms with Gasteiger partial charge < -0.3 is 5.11 Å². The number of halogens is 1. The molecule has 1 aromatic rings. The first kappa shape index (κ1) is 9.93. The second-order valence-corrected chi connectivity index (χ2v) is 3.76. The van der Waals surface area contributed by atoms with E-state index in [9.17, 15) is 14.7 Å². The van der Waals surface area contributed by atoms with E-state index in [1.54, 1.807) is 6.07 Å². The van der Waals surface area contributed by atoms with Crippen molar-refractivity contribution in [2.75, 3.05) is 0 Å². The van der Waals surface area contributed by atoms with Crippen LogP contribution in [0.1, 0.15) is 27.6 Å². The summed E-state index contributed by atoms with van der Waals surface area (Å²) in [5.74, 6) is -1.38. The van der Waals surface area contributed by atoms with E-state index in [1.807, 2.05) is 0 Å². The Hall–Kier alpha value is -1.61. The van der Waals surface area contributed by atoms with Crippen molar-refractivity contribution in [2.45, 2.75) is 6.92 Å². The maximum atomic E-state index is 11.7. The van der Waals surface area contributed by atoms with Crippen molar-refractivity contribution in [1.82, 2.24) is 0 Å². The summed E-state index contributed by atoms with van der Waals surface area (Å²) in [6.07, 6.45) is 0. The zero-order chi connectivity index (χ0) is 11.2. The number of hydrogen-bond donors (Lipinski definition) is 1. The molecule has 2 rings (SSSR count). The quantitative estimate of drug-likeness (QED) is 0.734. The highest BCUT2D eigenvalue weighted by molar-refractivity contribution is 6.32. The fraction of sp³-hybridized carbons (Fsp3) is 0.0909. The second kappa shape index (κ2) is 3.21. The molecule has 0 amide bonds. The minimum Gasteiger partial charge on any atom is -0.504 e. The highest BCUT2D eigenvalue weighted by Gasteiger charge is 2.29. The van der Waals surface area contributed by atoms with Crippen molar-refractivity contribution in [2.24, 2.45) is 0 Å². The number of ketones is 2. The van der Waals surface area contributed by atoms with Crippen molar-refractivity contribution in [3.63, 3.8) is 0 Å². The van der Waals surface area contributed by atoms with Gasteiger partial charge in [0.2, 0.25) is 5.78 Å². The van der Waals surface area contributed by atoms with Gasteiger partial charge in [-0.25, -0.2) is 0 Å². The van der Waals surface area contributed by atoms with Crippen LogP contribution in [-0.4, -0.2) is 16.7 Å². The van der Waals surface area contributed by atoms with Crippen LogP contribution < -0.4 is 0 Å². The average molecular weight is 223 g/mol. The van der Waals surface area contributed by atoms with Crippen molar-refractivity contribution >= 4 is 23.2 Å². The number of benzene rings is 1. The van der Waals surface area contributed by atoms with Gasteiger partial charge in [0.1, 0.15) is 0 Å². The summed E-state index contributed by atoms with van der Waals surface area (Å²) in [5, 5.41) is 9.78. The highest BCUT2D eigenvalue weighted by atomic mass is 35.5. The molecule has 0 heterocycles. The van der Waals surface area contributed by atoms with Crippen LogP contribution in [0.5, 0.6) is 0 Å². The van der Waals surface area contributed by atoms with Crippen LogP contribution in [-0.2, 0) is 0 Å². The molecule has 0 spiro atoms. The number of aliphatic hydroxyl groups is 1. The Morgan fingerprint density at radius 3 is 2.47 bits per heavy atom. The number of aliphatic hydroxyl groups excluding tert-OH is 1. The highest BCUT2D eigenvalue weighted by Crippen LogP contribution is 2.26. The minimum absolute atomic E-state index is 0.0785. The Morgan fingerprint density at radius 2 is 1.80 bits per heavy atom. The summed E-state index contributed by atoms with van der Waals surface area (Å²) in [7, 11) is 0. The summed E-state index contributed by atoms with van der Waals surface area (Å²) < 4.78 is 0. The minimum atomic E-state index is -0.551. The van der Waals surface area contributed by atoms with Gasteiger partial charge in [-0.05, 0) is 25.1 Å². The van der Waals surface area contributed by atoms with E-state index < -0.39 is 11.5 Å². The number of Topliss-reactive ketones (excluding diaryl/α,β-unsaturated/α-hetero) is 2. The molecular formula is C11H7ClO3. The zero-order valence-corrected chi connectivity index (χ0v) is 8.63. The first-order chi connectivity index (χ1) is 7.02. The number of fused-ring (bicyclic) bond motifs is 1. The molecular weight excluding hydrogens is 216 g/mol. The molecule has 1 aromatic carbocycles. The maximum Gasteiger partial charge on any atom is 0.228 e. The Bertz CT molecular complexity index is 515. The van der Waals surface area contributed by atoms with E-state index in [4.69, 9.17) is 11.6 Å². The smallest absolute Gasteiger partial charge is 0.228 e. The second-order valence-electron chi connectivity index (χ2n) is 3.32. The lowest BCUT2D eigenvalue weighted by Crippen LogP contribution is -2.20. The van der Waals surface area contributed by atoms with E-state index in [0.29, 0.717) is 10.6 Å². The monoisotopic (exact) mass is 222 g/mol. The van der Waals surface area contributed by atoms with E-state index in [0.717, 1.165) is 0 Å². The molecule has 0 bridgehead atoms. The van der Waals surface area contributed by atoms with Gasteiger partial charge in [-0.3, -0.25) is 9.59 Å². The van der Waals surface area contributed by atoms with Crippen LogP contribution >= 0.6 is 11.6 Å². The van der Waals surface area contributed by atoms with Gasteiger partial charge in [-0.1, -0.05) is 11.6 Å². The lowest BCUT2D eigenvalue weighted by Gasteiger charge is -2.14. The van der Waals surface area contributed by atoms with E-state index in [2.05, 4.69) is 0 Å².